The highest BCUT2D eigenvalue weighted by Crippen LogP contribution is 2.39. The number of nitrogens with zero attached hydrogens (tertiary/aromatic N) is 6. The third-order valence-electron chi connectivity index (χ3n) is 8.61. The highest BCUT2D eigenvalue weighted by atomic mass is 19.1. The number of para-hydroxylation sites is 1. The summed E-state index contributed by atoms with van der Waals surface area (Å²) < 4.78 is 26.6. The third-order valence-corrected chi connectivity index (χ3v) is 8.61. The minimum Gasteiger partial charge on any atom is -0.494 e. The van der Waals surface area contributed by atoms with Crippen LogP contribution in [-0.2, 0) is 20.1 Å². The van der Waals surface area contributed by atoms with Crippen molar-refractivity contribution in [1.82, 2.24) is 28.8 Å². The lowest BCUT2D eigenvalue weighted by Crippen LogP contribution is -2.50. The van der Waals surface area contributed by atoms with E-state index in [-0.39, 0.29) is 24.9 Å². The number of amides is 1. The van der Waals surface area contributed by atoms with Gasteiger partial charge >= 0.3 is 0 Å². The molecule has 7 rings (SSSR count). The second kappa shape index (κ2) is 10.3. The molecule has 0 spiro atoms. The van der Waals surface area contributed by atoms with Gasteiger partial charge in [0.1, 0.15) is 17.4 Å². The maximum atomic E-state index is 14.3. The minimum atomic E-state index is -1.13. The van der Waals surface area contributed by atoms with Gasteiger partial charge in [0.15, 0.2) is 5.82 Å². The van der Waals surface area contributed by atoms with Gasteiger partial charge in [-0.1, -0.05) is 18.2 Å². The largest absolute Gasteiger partial charge is 0.494 e. The highest BCUT2D eigenvalue weighted by Gasteiger charge is 2.31. The van der Waals surface area contributed by atoms with Crippen molar-refractivity contribution in [2.24, 2.45) is 18.7 Å². The number of imidazole rings is 1. The first-order valence-electron chi connectivity index (χ1n) is 14.6. The molecule has 2 atom stereocenters. The standard InChI is InChI=1S/C32H36FN7O2/c1-19-23(15-37(2)36-19)16-40-30-26(10-22(12-29(30)42-3)32(41)38-17-24(33)13-25(34)18-38)35-31(40)28-11-21-6-4-5-7-27(21)39(28)14-20-8-9-20/h4-7,10-12,15,20,24-25H,8-9,13-14,16-18,34H2,1-3H3/t24-,25-/m1/s1. The predicted octanol–water partition coefficient (Wildman–Crippen LogP) is 4.68. The average Bonchev–Trinajstić information content (AvgIpc) is 3.49. The molecule has 5 aromatic rings. The van der Waals surface area contributed by atoms with Crippen LogP contribution in [0.5, 0.6) is 5.75 Å². The number of alkyl halides is 1. The number of hydrogen-bond acceptors (Lipinski definition) is 5. The van der Waals surface area contributed by atoms with Gasteiger partial charge in [0, 0.05) is 54.4 Å². The normalized spacial score (nSPS) is 19.2. The summed E-state index contributed by atoms with van der Waals surface area (Å²) in [5.74, 6) is 1.73. The molecule has 2 aromatic carbocycles. The molecule has 1 aliphatic carbocycles. The Labute approximate surface area is 243 Å². The maximum absolute atomic E-state index is 14.3. The van der Waals surface area contributed by atoms with Gasteiger partial charge in [-0.15, -0.1) is 0 Å². The lowest BCUT2D eigenvalue weighted by atomic mass is 10.0. The zero-order valence-corrected chi connectivity index (χ0v) is 24.3. The quantitative estimate of drug-likeness (QED) is 0.307. The fraction of sp³-hybridized carbons (Fsp3) is 0.406. The molecule has 1 aliphatic heterocycles. The topological polar surface area (TPSA) is 96.1 Å². The Hall–Kier alpha value is -4.18. The molecule has 0 radical (unpaired) electrons. The number of hydrogen-bond donors (Lipinski definition) is 1. The first-order chi connectivity index (χ1) is 20.3. The predicted molar refractivity (Wildman–Crippen MR) is 160 cm³/mol. The molecule has 0 bridgehead atoms. The van der Waals surface area contributed by atoms with Gasteiger partial charge in [0.25, 0.3) is 5.91 Å². The minimum absolute atomic E-state index is 0.0358. The van der Waals surface area contributed by atoms with E-state index < -0.39 is 6.17 Å². The van der Waals surface area contributed by atoms with Gasteiger partial charge in [0.2, 0.25) is 0 Å². The van der Waals surface area contributed by atoms with Crippen molar-refractivity contribution in [2.75, 3.05) is 20.2 Å². The molecule has 2 N–H and O–H groups in total. The molecule has 2 aliphatic rings. The summed E-state index contributed by atoms with van der Waals surface area (Å²) in [6.45, 7) is 3.83. The summed E-state index contributed by atoms with van der Waals surface area (Å²) in [6.07, 6.45) is 3.63. The Kier molecular flexibility index (Phi) is 6.53. The first-order valence-corrected chi connectivity index (χ1v) is 14.6. The summed E-state index contributed by atoms with van der Waals surface area (Å²) in [5.41, 5.74) is 12.1. The van der Waals surface area contributed by atoms with E-state index in [0.29, 0.717) is 35.8 Å². The Morgan fingerprint density at radius 2 is 1.95 bits per heavy atom. The number of carbonyl (C=O) groups is 1. The number of rotatable bonds is 7. The van der Waals surface area contributed by atoms with Crippen LogP contribution in [0.15, 0.2) is 48.7 Å². The second-order valence-corrected chi connectivity index (χ2v) is 11.9. The zero-order valence-electron chi connectivity index (χ0n) is 24.3. The van der Waals surface area contributed by atoms with E-state index in [1.807, 2.05) is 24.9 Å². The molecule has 1 amide bonds. The van der Waals surface area contributed by atoms with E-state index in [9.17, 15) is 9.18 Å². The van der Waals surface area contributed by atoms with E-state index in [2.05, 4.69) is 44.6 Å². The van der Waals surface area contributed by atoms with Crippen LogP contribution in [0.4, 0.5) is 4.39 Å². The third kappa shape index (κ3) is 4.73. The average molecular weight is 570 g/mol. The molecule has 10 heteroatoms. The molecule has 218 valence electrons. The molecular formula is C32H36FN7O2. The maximum Gasteiger partial charge on any atom is 0.254 e. The number of methoxy groups -OCH3 is 1. The van der Waals surface area contributed by atoms with Crippen LogP contribution in [0.25, 0.3) is 33.5 Å². The fourth-order valence-electron chi connectivity index (χ4n) is 6.41. The number of ether oxygens (including phenoxy) is 1. The molecular weight excluding hydrogens is 533 g/mol. The van der Waals surface area contributed by atoms with Crippen molar-refractivity contribution in [3.8, 4) is 17.3 Å². The number of carbonyl (C=O) groups excluding carboxylic acids is 1. The van der Waals surface area contributed by atoms with Gasteiger partial charge in [-0.25, -0.2) is 9.37 Å². The van der Waals surface area contributed by atoms with Crippen LogP contribution in [0, 0.1) is 12.8 Å². The van der Waals surface area contributed by atoms with Crippen LogP contribution >= 0.6 is 0 Å². The van der Waals surface area contributed by atoms with Crippen molar-refractivity contribution in [3.05, 3.63) is 65.5 Å². The number of halogens is 1. The van der Waals surface area contributed by atoms with Crippen LogP contribution in [0.2, 0.25) is 0 Å². The Balaban J connectivity index is 1.42. The number of likely N-dealkylation sites (tertiary alicyclic amines) is 1. The summed E-state index contributed by atoms with van der Waals surface area (Å²) >= 11 is 0. The molecule has 1 saturated heterocycles. The monoisotopic (exact) mass is 569 g/mol. The van der Waals surface area contributed by atoms with Crippen molar-refractivity contribution in [1.29, 1.82) is 0 Å². The second-order valence-electron chi connectivity index (χ2n) is 11.9. The fourth-order valence-corrected chi connectivity index (χ4v) is 6.41. The van der Waals surface area contributed by atoms with E-state index in [1.54, 1.807) is 19.2 Å². The van der Waals surface area contributed by atoms with E-state index in [4.69, 9.17) is 15.5 Å². The van der Waals surface area contributed by atoms with Crippen LogP contribution < -0.4 is 10.5 Å². The number of fused-ring (bicyclic) bond motifs is 2. The molecule has 4 heterocycles. The number of aryl methyl sites for hydroxylation is 2. The van der Waals surface area contributed by atoms with Gasteiger partial charge < -0.3 is 24.5 Å². The number of aromatic nitrogens is 5. The van der Waals surface area contributed by atoms with Gasteiger partial charge in [0.05, 0.1) is 37.1 Å². The molecule has 1 saturated carbocycles. The Morgan fingerprint density at radius 1 is 1.14 bits per heavy atom. The summed E-state index contributed by atoms with van der Waals surface area (Å²) in [4.78, 5) is 20.3. The lowest BCUT2D eigenvalue weighted by Gasteiger charge is -2.33. The molecule has 0 unspecified atom stereocenters. The van der Waals surface area contributed by atoms with E-state index in [0.717, 1.165) is 40.2 Å². The number of piperidine rings is 1. The number of benzene rings is 2. The highest BCUT2D eigenvalue weighted by molar-refractivity contribution is 6.00. The number of nitrogens with two attached hydrogens (primary N) is 1. The van der Waals surface area contributed by atoms with Gasteiger partial charge in [-0.2, -0.15) is 5.10 Å². The van der Waals surface area contributed by atoms with Crippen molar-refractivity contribution in [2.45, 2.75) is 51.5 Å². The van der Waals surface area contributed by atoms with Crippen molar-refractivity contribution in [3.63, 3.8) is 0 Å². The lowest BCUT2D eigenvalue weighted by molar-refractivity contribution is 0.0606. The molecule has 42 heavy (non-hydrogen) atoms. The summed E-state index contributed by atoms with van der Waals surface area (Å²) in [6, 6.07) is 13.8. The van der Waals surface area contributed by atoms with Crippen LogP contribution in [0.1, 0.15) is 40.9 Å². The zero-order chi connectivity index (χ0) is 29.1. The van der Waals surface area contributed by atoms with Crippen LogP contribution in [0.3, 0.4) is 0 Å². The Morgan fingerprint density at radius 3 is 2.67 bits per heavy atom. The molecule has 9 nitrogen and oxygen atoms in total. The van der Waals surface area contributed by atoms with Gasteiger partial charge in [-0.05, 0) is 56.4 Å². The van der Waals surface area contributed by atoms with E-state index in [1.165, 1.54) is 23.3 Å². The van der Waals surface area contributed by atoms with E-state index >= 15 is 0 Å². The van der Waals surface area contributed by atoms with Crippen molar-refractivity contribution >= 4 is 27.8 Å². The molecule has 3 aromatic heterocycles. The smallest absolute Gasteiger partial charge is 0.254 e. The van der Waals surface area contributed by atoms with Crippen molar-refractivity contribution < 1.29 is 13.9 Å². The summed E-state index contributed by atoms with van der Waals surface area (Å²) in [5, 5.41) is 5.73. The molecule has 2 fully saturated rings. The SMILES string of the molecule is COc1cc(C(=O)N2C[C@H](N)C[C@@H](F)C2)cc2nc(-c3cc4ccccc4n3CC3CC3)n(Cc3cn(C)nc3C)c12. The van der Waals surface area contributed by atoms with Crippen LogP contribution in [-0.4, -0.2) is 67.1 Å². The Bertz CT molecular complexity index is 1800. The first kappa shape index (κ1) is 26.7. The summed E-state index contributed by atoms with van der Waals surface area (Å²) in [7, 11) is 3.53. The van der Waals surface area contributed by atoms with Gasteiger partial charge in [-0.3, -0.25) is 9.48 Å².